The zero-order chi connectivity index (χ0) is 8.27. The zero-order valence-corrected chi connectivity index (χ0v) is 6.36. The van der Waals surface area contributed by atoms with Gasteiger partial charge in [0, 0.05) is 6.08 Å². The molecule has 0 aromatic carbocycles. The summed E-state index contributed by atoms with van der Waals surface area (Å²) in [6.07, 6.45) is 2.50. The molecule has 0 radical (unpaired) electrons. The number of hydroxylamine groups is 2. The van der Waals surface area contributed by atoms with Crippen LogP contribution in [0.5, 0.6) is 0 Å². The van der Waals surface area contributed by atoms with Gasteiger partial charge in [-0.15, -0.1) is 0 Å². The Bertz CT molecular complexity index is 179. The number of allylic oxidation sites excluding steroid dienone is 1. The van der Waals surface area contributed by atoms with E-state index >= 15 is 0 Å². The van der Waals surface area contributed by atoms with Crippen molar-refractivity contribution in [2.24, 2.45) is 0 Å². The van der Waals surface area contributed by atoms with Crippen LogP contribution in [0.2, 0.25) is 0 Å². The van der Waals surface area contributed by atoms with Crippen LogP contribution >= 0.6 is 0 Å². The second kappa shape index (κ2) is 3.50. The maximum absolute atomic E-state index is 11.0. The van der Waals surface area contributed by atoms with Gasteiger partial charge in [-0.25, -0.2) is 5.06 Å². The highest BCUT2D eigenvalue weighted by molar-refractivity contribution is 5.86. The standard InChI is InChI=1S/C7H11NO3/c1-2-3-7(10)8-4-6(9)5-11-8/h2-3,6,9H,4-5H2,1H3/b3-2+/t6-/m1/s1. The molecule has 1 fully saturated rings. The van der Waals surface area contributed by atoms with Crippen LogP contribution in [0, 0.1) is 0 Å². The van der Waals surface area contributed by atoms with Crippen LogP contribution in [-0.4, -0.2) is 35.3 Å². The van der Waals surface area contributed by atoms with Crippen LogP contribution in [0.3, 0.4) is 0 Å². The third-order valence-electron chi connectivity index (χ3n) is 1.35. The summed E-state index contributed by atoms with van der Waals surface area (Å²) >= 11 is 0. The minimum Gasteiger partial charge on any atom is -0.389 e. The van der Waals surface area contributed by atoms with Crippen LogP contribution < -0.4 is 0 Å². The van der Waals surface area contributed by atoms with Crippen LogP contribution in [0.15, 0.2) is 12.2 Å². The van der Waals surface area contributed by atoms with E-state index in [0.717, 1.165) is 5.06 Å². The van der Waals surface area contributed by atoms with Gasteiger partial charge in [-0.3, -0.25) is 9.63 Å². The highest BCUT2D eigenvalue weighted by Crippen LogP contribution is 2.05. The number of amides is 1. The molecule has 0 aromatic heterocycles. The van der Waals surface area contributed by atoms with E-state index in [2.05, 4.69) is 0 Å². The lowest BCUT2D eigenvalue weighted by Gasteiger charge is -2.09. The Morgan fingerprint density at radius 2 is 2.55 bits per heavy atom. The second-order valence-electron chi connectivity index (χ2n) is 2.35. The van der Waals surface area contributed by atoms with Crippen molar-refractivity contribution in [2.45, 2.75) is 13.0 Å². The van der Waals surface area contributed by atoms with Crippen LogP contribution in [0.4, 0.5) is 0 Å². The number of rotatable bonds is 1. The van der Waals surface area contributed by atoms with E-state index < -0.39 is 6.10 Å². The molecule has 0 unspecified atom stereocenters. The molecule has 4 heteroatoms. The molecule has 1 N–H and O–H groups in total. The fraction of sp³-hybridized carbons (Fsp3) is 0.571. The molecule has 1 saturated heterocycles. The Labute approximate surface area is 65.0 Å². The van der Waals surface area contributed by atoms with Gasteiger partial charge in [0.25, 0.3) is 5.91 Å². The summed E-state index contributed by atoms with van der Waals surface area (Å²) < 4.78 is 0. The quantitative estimate of drug-likeness (QED) is 0.531. The third-order valence-corrected chi connectivity index (χ3v) is 1.35. The lowest BCUT2D eigenvalue weighted by molar-refractivity contribution is -0.162. The van der Waals surface area contributed by atoms with E-state index in [-0.39, 0.29) is 19.1 Å². The largest absolute Gasteiger partial charge is 0.389 e. The SMILES string of the molecule is C/C=C/C(=O)N1C[C@@H](O)CO1. The first-order valence-electron chi connectivity index (χ1n) is 3.49. The maximum atomic E-state index is 11.0. The molecule has 11 heavy (non-hydrogen) atoms. The molecule has 0 aliphatic carbocycles. The summed E-state index contributed by atoms with van der Waals surface area (Å²) in [6.45, 7) is 2.23. The van der Waals surface area contributed by atoms with Crippen LogP contribution in [0.1, 0.15) is 6.92 Å². The Morgan fingerprint density at radius 3 is 3.00 bits per heavy atom. The van der Waals surface area contributed by atoms with Gasteiger partial charge in [0.15, 0.2) is 0 Å². The second-order valence-corrected chi connectivity index (χ2v) is 2.35. The van der Waals surface area contributed by atoms with E-state index in [1.165, 1.54) is 6.08 Å². The van der Waals surface area contributed by atoms with Crippen molar-refractivity contribution in [1.82, 2.24) is 5.06 Å². The Balaban J connectivity index is 2.43. The lowest BCUT2D eigenvalue weighted by Crippen LogP contribution is -2.26. The van der Waals surface area contributed by atoms with Crippen molar-refractivity contribution in [1.29, 1.82) is 0 Å². The number of hydrogen-bond acceptors (Lipinski definition) is 3. The van der Waals surface area contributed by atoms with E-state index in [9.17, 15) is 4.79 Å². The molecule has 1 atom stereocenters. The Kier molecular flexibility index (Phi) is 2.62. The molecular formula is C7H11NO3. The maximum Gasteiger partial charge on any atom is 0.269 e. The topological polar surface area (TPSA) is 49.8 Å². The number of β-amino-alcohol motifs (C(OH)–C–C–N with tert-alkyl or cyclic N) is 1. The van der Waals surface area contributed by atoms with E-state index in [4.69, 9.17) is 9.94 Å². The monoisotopic (exact) mass is 157 g/mol. The molecule has 1 heterocycles. The van der Waals surface area contributed by atoms with Crippen LogP contribution in [0.25, 0.3) is 0 Å². The van der Waals surface area contributed by atoms with Gasteiger partial charge in [-0.1, -0.05) is 6.08 Å². The molecule has 0 aromatic rings. The van der Waals surface area contributed by atoms with E-state index in [1.54, 1.807) is 13.0 Å². The van der Waals surface area contributed by atoms with Crippen molar-refractivity contribution in [2.75, 3.05) is 13.2 Å². The molecule has 4 nitrogen and oxygen atoms in total. The molecule has 1 rings (SSSR count). The summed E-state index contributed by atoms with van der Waals surface area (Å²) in [5.41, 5.74) is 0. The van der Waals surface area contributed by atoms with Gasteiger partial charge in [0.2, 0.25) is 0 Å². The average molecular weight is 157 g/mol. The molecule has 0 saturated carbocycles. The van der Waals surface area contributed by atoms with Gasteiger partial charge < -0.3 is 5.11 Å². The number of aliphatic hydroxyl groups is 1. The summed E-state index contributed by atoms with van der Waals surface area (Å²) in [4.78, 5) is 15.9. The van der Waals surface area contributed by atoms with Crippen molar-refractivity contribution in [3.05, 3.63) is 12.2 Å². The predicted molar refractivity (Wildman–Crippen MR) is 38.5 cm³/mol. The summed E-state index contributed by atoms with van der Waals surface area (Å²) in [5.74, 6) is -0.218. The number of nitrogens with zero attached hydrogens (tertiary/aromatic N) is 1. The molecule has 0 bridgehead atoms. The number of carbonyl (C=O) groups is 1. The minimum atomic E-state index is -0.538. The highest BCUT2D eigenvalue weighted by Gasteiger charge is 2.24. The van der Waals surface area contributed by atoms with E-state index in [0.29, 0.717) is 0 Å². The predicted octanol–water partition coefficient (Wildman–Crippen LogP) is -0.303. The first kappa shape index (κ1) is 8.23. The highest BCUT2D eigenvalue weighted by atomic mass is 16.7. The first-order valence-corrected chi connectivity index (χ1v) is 3.49. The molecule has 0 spiro atoms. The summed E-state index contributed by atoms with van der Waals surface area (Å²) in [6, 6.07) is 0. The number of aliphatic hydroxyl groups excluding tert-OH is 1. The van der Waals surface area contributed by atoms with Crippen molar-refractivity contribution in [3.8, 4) is 0 Å². The van der Waals surface area contributed by atoms with Gasteiger partial charge in [0.05, 0.1) is 6.54 Å². The first-order chi connectivity index (χ1) is 5.24. The molecule has 62 valence electrons. The fourth-order valence-electron chi connectivity index (χ4n) is 0.852. The zero-order valence-electron chi connectivity index (χ0n) is 6.36. The number of carbonyl (C=O) groups excluding carboxylic acids is 1. The van der Waals surface area contributed by atoms with Crippen molar-refractivity contribution < 1.29 is 14.7 Å². The van der Waals surface area contributed by atoms with Crippen LogP contribution in [-0.2, 0) is 9.63 Å². The molecule has 1 amide bonds. The van der Waals surface area contributed by atoms with E-state index in [1.807, 2.05) is 0 Å². The van der Waals surface area contributed by atoms with Gasteiger partial charge >= 0.3 is 0 Å². The summed E-state index contributed by atoms with van der Waals surface area (Å²) in [7, 11) is 0. The van der Waals surface area contributed by atoms with Gasteiger partial charge in [0.1, 0.15) is 12.7 Å². The van der Waals surface area contributed by atoms with Crippen molar-refractivity contribution >= 4 is 5.91 Å². The Morgan fingerprint density at radius 1 is 1.82 bits per heavy atom. The normalized spacial score (nSPS) is 24.9. The Hall–Kier alpha value is -0.870. The molecule has 1 aliphatic rings. The average Bonchev–Trinajstić information content (AvgIpc) is 2.36. The van der Waals surface area contributed by atoms with Gasteiger partial charge in [-0.2, -0.15) is 0 Å². The molecular weight excluding hydrogens is 146 g/mol. The van der Waals surface area contributed by atoms with Crippen molar-refractivity contribution in [3.63, 3.8) is 0 Å². The van der Waals surface area contributed by atoms with Gasteiger partial charge in [-0.05, 0) is 6.92 Å². The fourth-order valence-corrected chi connectivity index (χ4v) is 0.852. The summed E-state index contributed by atoms with van der Waals surface area (Å²) in [5, 5.41) is 10.1. The lowest BCUT2D eigenvalue weighted by atomic mass is 10.4. The smallest absolute Gasteiger partial charge is 0.269 e. The molecule has 1 aliphatic heterocycles. The third kappa shape index (κ3) is 2.03. The minimum absolute atomic E-state index is 0.212. The number of hydrogen-bond donors (Lipinski definition) is 1.